The second-order valence-corrected chi connectivity index (χ2v) is 11.3. The number of fused-ring (bicyclic) bond motifs is 1. The topological polar surface area (TPSA) is 23.8 Å². The smallest absolute Gasteiger partial charge is 0.0689 e. The Balaban J connectivity index is 1.42. The highest BCUT2D eigenvalue weighted by Gasteiger charge is 2.44. The summed E-state index contributed by atoms with van der Waals surface area (Å²) in [5, 5.41) is 10.00. The van der Waals surface area contributed by atoms with E-state index < -0.39 is 0 Å². The minimum Gasteiger partial charge on any atom is -0.198 e. The number of hydrogen-bond donors (Lipinski definition) is 0. The van der Waals surface area contributed by atoms with Crippen molar-refractivity contribution < 1.29 is 0 Å². The van der Waals surface area contributed by atoms with Gasteiger partial charge in [-0.3, -0.25) is 0 Å². The van der Waals surface area contributed by atoms with Gasteiger partial charge < -0.3 is 0 Å². The standard InChI is InChI=1S/C28H49N/c1-3-5-7-9-18-28(22-29)19-17-26-20-25(15-16-27(26)21-28)24-13-11-23(12-14-24)10-8-6-4-2/h23-27H,3-21H2,1-2H3/t23?,24?,25-,26+,27+,28-/m0/s1. The van der Waals surface area contributed by atoms with Gasteiger partial charge in [0.2, 0.25) is 0 Å². The molecule has 0 aliphatic heterocycles. The van der Waals surface area contributed by atoms with E-state index in [9.17, 15) is 5.26 Å². The lowest BCUT2D eigenvalue weighted by Crippen LogP contribution is -2.38. The normalized spacial score (nSPS) is 37.6. The van der Waals surface area contributed by atoms with Crippen LogP contribution in [0.5, 0.6) is 0 Å². The summed E-state index contributed by atoms with van der Waals surface area (Å²) in [6.45, 7) is 4.61. The fourth-order valence-electron chi connectivity index (χ4n) is 7.39. The van der Waals surface area contributed by atoms with Gasteiger partial charge in [-0.2, -0.15) is 5.26 Å². The average molecular weight is 400 g/mol. The summed E-state index contributed by atoms with van der Waals surface area (Å²) in [6, 6.07) is 2.83. The van der Waals surface area contributed by atoms with Crippen LogP contribution in [0.4, 0.5) is 0 Å². The van der Waals surface area contributed by atoms with Crippen molar-refractivity contribution in [1.82, 2.24) is 0 Å². The number of nitriles is 1. The van der Waals surface area contributed by atoms with Crippen LogP contribution < -0.4 is 0 Å². The molecule has 3 aliphatic rings. The van der Waals surface area contributed by atoms with Crippen molar-refractivity contribution in [2.24, 2.45) is 35.0 Å². The first-order valence-electron chi connectivity index (χ1n) is 13.6. The average Bonchev–Trinajstić information content (AvgIpc) is 2.77. The molecule has 3 saturated carbocycles. The number of nitrogens with zero attached hydrogens (tertiary/aromatic N) is 1. The van der Waals surface area contributed by atoms with Crippen LogP contribution in [0.25, 0.3) is 0 Å². The summed E-state index contributed by atoms with van der Waals surface area (Å²) < 4.78 is 0. The molecule has 0 bridgehead atoms. The van der Waals surface area contributed by atoms with Crippen molar-refractivity contribution >= 4 is 0 Å². The Morgan fingerprint density at radius 1 is 0.724 bits per heavy atom. The maximum atomic E-state index is 10.00. The predicted molar refractivity (Wildman–Crippen MR) is 125 cm³/mol. The molecule has 0 unspecified atom stereocenters. The zero-order valence-electron chi connectivity index (χ0n) is 19.8. The molecule has 0 radical (unpaired) electrons. The number of unbranched alkanes of at least 4 members (excludes halogenated alkanes) is 5. The van der Waals surface area contributed by atoms with Gasteiger partial charge in [0.15, 0.2) is 0 Å². The van der Waals surface area contributed by atoms with Gasteiger partial charge in [0.05, 0.1) is 11.5 Å². The molecule has 0 N–H and O–H groups in total. The van der Waals surface area contributed by atoms with E-state index >= 15 is 0 Å². The monoisotopic (exact) mass is 399 g/mol. The van der Waals surface area contributed by atoms with Crippen molar-refractivity contribution in [2.75, 3.05) is 0 Å². The molecule has 1 nitrogen and oxygen atoms in total. The third kappa shape index (κ3) is 6.48. The first kappa shape index (κ1) is 23.2. The van der Waals surface area contributed by atoms with Gasteiger partial charge >= 0.3 is 0 Å². The van der Waals surface area contributed by atoms with E-state index in [1.165, 1.54) is 122 Å². The van der Waals surface area contributed by atoms with Gasteiger partial charge in [0, 0.05) is 0 Å². The summed E-state index contributed by atoms with van der Waals surface area (Å²) in [4.78, 5) is 0. The Morgan fingerprint density at radius 2 is 1.38 bits per heavy atom. The van der Waals surface area contributed by atoms with E-state index in [0.29, 0.717) is 0 Å². The fraction of sp³-hybridized carbons (Fsp3) is 0.964. The maximum absolute atomic E-state index is 10.00. The zero-order valence-corrected chi connectivity index (χ0v) is 19.8. The Hall–Kier alpha value is -0.510. The molecule has 0 aromatic carbocycles. The van der Waals surface area contributed by atoms with Crippen LogP contribution in [0, 0.1) is 46.3 Å². The molecule has 3 rings (SSSR count). The first-order valence-corrected chi connectivity index (χ1v) is 13.6. The highest BCUT2D eigenvalue weighted by Crippen LogP contribution is 2.53. The highest BCUT2D eigenvalue weighted by atomic mass is 14.5. The highest BCUT2D eigenvalue weighted by molar-refractivity contribution is 5.04. The molecule has 0 aromatic heterocycles. The van der Waals surface area contributed by atoms with Crippen molar-refractivity contribution in [1.29, 1.82) is 5.26 Å². The Kier molecular flexibility index (Phi) is 9.40. The Labute approximate surface area is 182 Å². The van der Waals surface area contributed by atoms with Gasteiger partial charge in [-0.1, -0.05) is 78.1 Å². The van der Waals surface area contributed by atoms with E-state index in [-0.39, 0.29) is 5.41 Å². The van der Waals surface area contributed by atoms with Crippen molar-refractivity contribution in [3.63, 3.8) is 0 Å². The van der Waals surface area contributed by atoms with Crippen LogP contribution in [0.15, 0.2) is 0 Å². The van der Waals surface area contributed by atoms with Crippen LogP contribution in [0.2, 0.25) is 0 Å². The largest absolute Gasteiger partial charge is 0.198 e. The Morgan fingerprint density at radius 3 is 2.10 bits per heavy atom. The van der Waals surface area contributed by atoms with Crippen LogP contribution in [-0.2, 0) is 0 Å². The molecule has 0 spiro atoms. The third-order valence-electron chi connectivity index (χ3n) is 9.35. The van der Waals surface area contributed by atoms with E-state index in [0.717, 1.165) is 29.6 Å². The number of hydrogen-bond acceptors (Lipinski definition) is 1. The van der Waals surface area contributed by atoms with Gasteiger partial charge in [0.25, 0.3) is 0 Å². The lowest BCUT2D eigenvalue weighted by molar-refractivity contribution is 0.0377. The van der Waals surface area contributed by atoms with E-state index in [2.05, 4.69) is 19.9 Å². The molecular weight excluding hydrogens is 350 g/mol. The molecule has 1 heteroatoms. The summed E-state index contributed by atoms with van der Waals surface area (Å²) in [6.07, 6.45) is 26.5. The lowest BCUT2D eigenvalue weighted by atomic mass is 9.57. The molecule has 0 amide bonds. The zero-order chi connectivity index (χ0) is 20.5. The SMILES string of the molecule is CCCCCC[C@]1(C#N)CC[C@@H]2C[C@@H](C3CCC(CCCCC)CC3)CC[C@@H]2C1. The van der Waals surface area contributed by atoms with Crippen LogP contribution >= 0.6 is 0 Å². The summed E-state index contributed by atoms with van der Waals surface area (Å²) in [5.74, 6) is 4.93. The Bertz CT molecular complexity index is 497. The lowest BCUT2D eigenvalue weighted by Gasteiger charge is -2.47. The minimum atomic E-state index is 0.0400. The summed E-state index contributed by atoms with van der Waals surface area (Å²) in [7, 11) is 0. The molecule has 3 fully saturated rings. The molecule has 3 aliphatic carbocycles. The van der Waals surface area contributed by atoms with Gasteiger partial charge in [-0.25, -0.2) is 0 Å². The van der Waals surface area contributed by atoms with Gasteiger partial charge in [-0.15, -0.1) is 0 Å². The van der Waals surface area contributed by atoms with Crippen LogP contribution in [0.1, 0.15) is 136 Å². The molecule has 4 atom stereocenters. The van der Waals surface area contributed by atoms with Crippen molar-refractivity contribution in [3.05, 3.63) is 0 Å². The molecular formula is C28H49N. The van der Waals surface area contributed by atoms with Crippen LogP contribution in [-0.4, -0.2) is 0 Å². The van der Waals surface area contributed by atoms with Crippen molar-refractivity contribution in [2.45, 2.75) is 136 Å². The first-order chi connectivity index (χ1) is 14.2. The second-order valence-electron chi connectivity index (χ2n) is 11.3. The molecule has 166 valence electrons. The summed E-state index contributed by atoms with van der Waals surface area (Å²) in [5.41, 5.74) is 0.0400. The molecule has 0 saturated heterocycles. The minimum absolute atomic E-state index is 0.0400. The van der Waals surface area contributed by atoms with Gasteiger partial charge in [0.1, 0.15) is 0 Å². The maximum Gasteiger partial charge on any atom is 0.0689 e. The molecule has 0 heterocycles. The summed E-state index contributed by atoms with van der Waals surface area (Å²) >= 11 is 0. The van der Waals surface area contributed by atoms with E-state index in [4.69, 9.17) is 0 Å². The van der Waals surface area contributed by atoms with Gasteiger partial charge in [-0.05, 0) is 87.4 Å². The van der Waals surface area contributed by atoms with E-state index in [1.807, 2.05) is 0 Å². The third-order valence-corrected chi connectivity index (χ3v) is 9.35. The van der Waals surface area contributed by atoms with Crippen molar-refractivity contribution in [3.8, 4) is 6.07 Å². The molecule has 29 heavy (non-hydrogen) atoms. The van der Waals surface area contributed by atoms with E-state index in [1.54, 1.807) is 0 Å². The molecule has 0 aromatic rings. The second kappa shape index (κ2) is 11.8. The quantitative estimate of drug-likeness (QED) is 0.336. The van der Waals surface area contributed by atoms with Crippen LogP contribution in [0.3, 0.4) is 0 Å². The number of rotatable bonds is 10. The fourth-order valence-corrected chi connectivity index (χ4v) is 7.39. The predicted octanol–water partition coefficient (Wildman–Crippen LogP) is 9.07.